The van der Waals surface area contributed by atoms with E-state index in [1.54, 1.807) is 0 Å². The number of carbonyl (C=O) groups is 2. The molecule has 124 valence electrons. The normalized spacial score (nSPS) is 23.2. The van der Waals surface area contributed by atoms with Crippen molar-refractivity contribution in [2.24, 2.45) is 5.92 Å². The summed E-state index contributed by atoms with van der Waals surface area (Å²) in [6.07, 6.45) is 6.68. The zero-order chi connectivity index (χ0) is 16.2. The van der Waals surface area contributed by atoms with Crippen molar-refractivity contribution >= 4 is 17.5 Å². The summed E-state index contributed by atoms with van der Waals surface area (Å²) in [6.45, 7) is 0.359. The first-order valence-corrected chi connectivity index (χ1v) is 8.52. The number of carbonyl (C=O) groups excluding carboxylic acids is 2. The Morgan fingerprint density at radius 2 is 1.83 bits per heavy atom. The van der Waals surface area contributed by atoms with E-state index in [-0.39, 0.29) is 12.0 Å². The zero-order valence-electron chi connectivity index (χ0n) is 13.3. The Hall–Kier alpha value is -1.88. The van der Waals surface area contributed by atoms with Gasteiger partial charge < -0.3 is 15.7 Å². The van der Waals surface area contributed by atoms with E-state index in [0.29, 0.717) is 12.2 Å². The molecule has 3 N–H and O–H groups in total. The lowest BCUT2D eigenvalue weighted by atomic mass is 9.86. The van der Waals surface area contributed by atoms with Gasteiger partial charge in [0.25, 0.3) is 0 Å². The first-order valence-electron chi connectivity index (χ1n) is 8.52. The molecule has 2 aliphatic carbocycles. The van der Waals surface area contributed by atoms with E-state index in [0.717, 1.165) is 44.9 Å². The van der Waals surface area contributed by atoms with Crippen molar-refractivity contribution in [3.8, 4) is 0 Å². The molecule has 5 heteroatoms. The lowest BCUT2D eigenvalue weighted by Gasteiger charge is -2.27. The van der Waals surface area contributed by atoms with Crippen LogP contribution in [-0.2, 0) is 22.4 Å². The first-order chi connectivity index (χ1) is 11.1. The van der Waals surface area contributed by atoms with Gasteiger partial charge in [0.05, 0.1) is 6.10 Å². The van der Waals surface area contributed by atoms with Gasteiger partial charge in [-0.3, -0.25) is 9.59 Å². The number of fused-ring (bicyclic) bond motifs is 1. The molecule has 5 nitrogen and oxygen atoms in total. The second-order valence-electron chi connectivity index (χ2n) is 6.61. The van der Waals surface area contributed by atoms with Gasteiger partial charge >= 0.3 is 11.8 Å². The van der Waals surface area contributed by atoms with Gasteiger partial charge in [-0.15, -0.1) is 0 Å². The van der Waals surface area contributed by atoms with E-state index in [4.69, 9.17) is 0 Å². The van der Waals surface area contributed by atoms with Crippen molar-refractivity contribution in [2.45, 2.75) is 51.0 Å². The van der Waals surface area contributed by atoms with Gasteiger partial charge in [0, 0.05) is 18.2 Å². The minimum absolute atomic E-state index is 0.0560. The molecule has 2 unspecified atom stereocenters. The number of hydrogen-bond donors (Lipinski definition) is 3. The Morgan fingerprint density at radius 3 is 2.65 bits per heavy atom. The van der Waals surface area contributed by atoms with Crippen molar-refractivity contribution < 1.29 is 14.7 Å². The van der Waals surface area contributed by atoms with Crippen LogP contribution in [0.1, 0.15) is 43.2 Å². The molecule has 23 heavy (non-hydrogen) atoms. The van der Waals surface area contributed by atoms with Gasteiger partial charge in [-0.1, -0.05) is 18.9 Å². The molecular formula is C18H24N2O3. The molecule has 1 aromatic rings. The van der Waals surface area contributed by atoms with E-state index in [9.17, 15) is 14.7 Å². The molecular weight excluding hydrogens is 292 g/mol. The summed E-state index contributed by atoms with van der Waals surface area (Å²) in [4.78, 5) is 23.9. The van der Waals surface area contributed by atoms with Crippen LogP contribution in [0.4, 0.5) is 5.69 Å². The highest BCUT2D eigenvalue weighted by molar-refractivity contribution is 6.39. The Kier molecular flexibility index (Phi) is 4.96. The molecule has 0 heterocycles. The first kappa shape index (κ1) is 16.0. The summed E-state index contributed by atoms with van der Waals surface area (Å²) in [5, 5.41) is 15.2. The van der Waals surface area contributed by atoms with Crippen molar-refractivity contribution in [1.82, 2.24) is 5.32 Å². The predicted octanol–water partition coefficient (Wildman–Crippen LogP) is 1.78. The van der Waals surface area contributed by atoms with Crippen LogP contribution in [0.3, 0.4) is 0 Å². The molecule has 0 spiro atoms. The smallest absolute Gasteiger partial charge is 0.313 e. The van der Waals surface area contributed by atoms with Crippen LogP contribution >= 0.6 is 0 Å². The zero-order valence-corrected chi connectivity index (χ0v) is 13.3. The third-order valence-corrected chi connectivity index (χ3v) is 4.96. The van der Waals surface area contributed by atoms with Gasteiger partial charge in [0.2, 0.25) is 0 Å². The third-order valence-electron chi connectivity index (χ3n) is 4.96. The highest BCUT2D eigenvalue weighted by Gasteiger charge is 2.24. The SMILES string of the molecule is O=C(NCC1CCCCC1O)C(=O)Nc1ccc2c(c1)CCC2. The fourth-order valence-electron chi connectivity index (χ4n) is 3.57. The average Bonchev–Trinajstić information content (AvgIpc) is 3.01. The fourth-order valence-corrected chi connectivity index (χ4v) is 3.57. The van der Waals surface area contributed by atoms with Crippen LogP contribution in [0.2, 0.25) is 0 Å². The van der Waals surface area contributed by atoms with E-state index in [2.05, 4.69) is 10.6 Å². The largest absolute Gasteiger partial charge is 0.393 e. The third kappa shape index (κ3) is 3.91. The second kappa shape index (κ2) is 7.13. The number of aliphatic hydroxyl groups is 1. The van der Waals surface area contributed by atoms with Crippen LogP contribution in [0.25, 0.3) is 0 Å². The predicted molar refractivity (Wildman–Crippen MR) is 88.1 cm³/mol. The fraction of sp³-hybridized carbons (Fsp3) is 0.556. The maximum atomic E-state index is 12.0. The van der Waals surface area contributed by atoms with E-state index in [1.807, 2.05) is 18.2 Å². The Labute approximate surface area is 136 Å². The number of aliphatic hydroxyl groups excluding tert-OH is 1. The van der Waals surface area contributed by atoms with Crippen molar-refractivity contribution in [2.75, 3.05) is 11.9 Å². The number of benzene rings is 1. The van der Waals surface area contributed by atoms with Crippen LogP contribution in [0, 0.1) is 5.92 Å². The molecule has 0 aliphatic heterocycles. The molecule has 0 aromatic heterocycles. The lowest BCUT2D eigenvalue weighted by molar-refractivity contribution is -0.136. The Balaban J connectivity index is 1.50. The quantitative estimate of drug-likeness (QED) is 0.744. The Morgan fingerprint density at radius 1 is 1.04 bits per heavy atom. The minimum atomic E-state index is -0.645. The standard InChI is InChI=1S/C18H24N2O3/c21-16-7-2-1-4-14(16)11-19-17(22)18(23)20-15-9-8-12-5-3-6-13(12)10-15/h8-10,14,16,21H,1-7,11H2,(H,19,22)(H,20,23). The summed E-state index contributed by atoms with van der Waals surface area (Å²) in [7, 11) is 0. The van der Waals surface area contributed by atoms with Gasteiger partial charge in [-0.2, -0.15) is 0 Å². The maximum absolute atomic E-state index is 12.0. The summed E-state index contributed by atoms with van der Waals surface area (Å²) < 4.78 is 0. The van der Waals surface area contributed by atoms with Crippen LogP contribution < -0.4 is 10.6 Å². The summed E-state index contributed by atoms with van der Waals surface area (Å²) in [5.74, 6) is -1.22. The van der Waals surface area contributed by atoms with Gasteiger partial charge in [0.15, 0.2) is 0 Å². The molecule has 0 bridgehead atoms. The topological polar surface area (TPSA) is 78.4 Å². The highest BCUT2D eigenvalue weighted by Crippen LogP contribution is 2.25. The molecule has 2 amide bonds. The molecule has 1 aromatic carbocycles. The summed E-state index contributed by atoms with van der Waals surface area (Å²) >= 11 is 0. The van der Waals surface area contributed by atoms with Crippen LogP contribution in [0.5, 0.6) is 0 Å². The molecule has 1 saturated carbocycles. The Bertz CT molecular complexity index is 600. The van der Waals surface area contributed by atoms with Crippen LogP contribution in [0.15, 0.2) is 18.2 Å². The molecule has 3 rings (SSSR count). The monoisotopic (exact) mass is 316 g/mol. The molecule has 2 aliphatic rings. The minimum Gasteiger partial charge on any atom is -0.393 e. The highest BCUT2D eigenvalue weighted by atomic mass is 16.3. The number of rotatable bonds is 3. The molecule has 1 fully saturated rings. The summed E-state index contributed by atoms with van der Waals surface area (Å²) in [5.41, 5.74) is 3.26. The summed E-state index contributed by atoms with van der Waals surface area (Å²) in [6, 6.07) is 5.83. The number of amides is 2. The number of anilines is 1. The van der Waals surface area contributed by atoms with Crippen molar-refractivity contribution in [3.05, 3.63) is 29.3 Å². The lowest BCUT2D eigenvalue weighted by Crippen LogP contribution is -2.41. The van der Waals surface area contributed by atoms with Crippen molar-refractivity contribution in [3.63, 3.8) is 0 Å². The number of hydrogen-bond acceptors (Lipinski definition) is 3. The van der Waals surface area contributed by atoms with Gasteiger partial charge in [-0.25, -0.2) is 0 Å². The van der Waals surface area contributed by atoms with Gasteiger partial charge in [0.1, 0.15) is 0 Å². The van der Waals surface area contributed by atoms with E-state index >= 15 is 0 Å². The second-order valence-corrected chi connectivity index (χ2v) is 6.61. The number of nitrogens with one attached hydrogen (secondary N) is 2. The van der Waals surface area contributed by atoms with Gasteiger partial charge in [-0.05, 0) is 55.4 Å². The van der Waals surface area contributed by atoms with E-state index < -0.39 is 11.8 Å². The number of aryl methyl sites for hydroxylation is 2. The molecule has 2 atom stereocenters. The molecule has 0 radical (unpaired) electrons. The average molecular weight is 316 g/mol. The van der Waals surface area contributed by atoms with E-state index in [1.165, 1.54) is 11.1 Å². The van der Waals surface area contributed by atoms with Crippen molar-refractivity contribution in [1.29, 1.82) is 0 Å². The molecule has 0 saturated heterocycles. The maximum Gasteiger partial charge on any atom is 0.313 e. The van der Waals surface area contributed by atoms with Crippen LogP contribution in [-0.4, -0.2) is 29.6 Å².